The zero-order valence-electron chi connectivity index (χ0n) is 7.99. The molecule has 1 heterocycles. The van der Waals surface area contributed by atoms with Gasteiger partial charge in [0.1, 0.15) is 23.9 Å². The van der Waals surface area contributed by atoms with E-state index in [1.54, 1.807) is 25.4 Å². The fraction of sp³-hybridized carbons (Fsp3) is 0.333. The van der Waals surface area contributed by atoms with Crippen molar-refractivity contribution in [1.82, 2.24) is 4.98 Å². The Kier molecular flexibility index (Phi) is 3.87. The molecule has 0 saturated heterocycles. The molecule has 0 saturated carbocycles. The smallest absolute Gasteiger partial charge is 0.141 e. The van der Waals surface area contributed by atoms with Gasteiger partial charge in [0.25, 0.3) is 0 Å². The van der Waals surface area contributed by atoms with Crippen LogP contribution in [0.5, 0.6) is 5.75 Å². The fourth-order valence-corrected chi connectivity index (χ4v) is 0.891. The summed E-state index contributed by atoms with van der Waals surface area (Å²) in [6, 6.07) is 3.33. The molecule has 0 aliphatic rings. The van der Waals surface area contributed by atoms with Crippen LogP contribution in [0.2, 0.25) is 0 Å². The lowest BCUT2D eigenvalue weighted by atomic mass is 10.3. The Balaban J connectivity index is 2.59. The number of aromatic nitrogens is 1. The molecule has 0 aromatic carbocycles. The Morgan fingerprint density at radius 1 is 1.57 bits per heavy atom. The van der Waals surface area contributed by atoms with Crippen molar-refractivity contribution in [3.8, 4) is 5.75 Å². The minimum atomic E-state index is -0.0674. The summed E-state index contributed by atoms with van der Waals surface area (Å²) >= 11 is 0. The third kappa shape index (κ3) is 3.02. The van der Waals surface area contributed by atoms with Gasteiger partial charge in [0, 0.05) is 19.4 Å². The number of nitrogens with zero attached hydrogens (tertiary/aromatic N) is 1. The summed E-state index contributed by atoms with van der Waals surface area (Å²) in [4.78, 5) is 3.91. The molecular weight excluding hydrogens is 182 g/mol. The molecule has 0 radical (unpaired) electrons. The molecule has 5 heteroatoms. The van der Waals surface area contributed by atoms with Crippen LogP contribution in [-0.2, 0) is 4.74 Å². The molecule has 0 aliphatic heterocycles. The van der Waals surface area contributed by atoms with Crippen molar-refractivity contribution in [3.05, 3.63) is 24.0 Å². The summed E-state index contributed by atoms with van der Waals surface area (Å²) < 4.78 is 10.2. The van der Waals surface area contributed by atoms with E-state index >= 15 is 0 Å². The topological polar surface area (TPSA) is 81.2 Å². The molecule has 1 aromatic heterocycles. The lowest BCUT2D eigenvalue weighted by Gasteiger charge is -2.05. The highest BCUT2D eigenvalue weighted by Gasteiger charge is 2.00. The normalized spacial score (nSPS) is 9.79. The van der Waals surface area contributed by atoms with E-state index in [9.17, 15) is 0 Å². The van der Waals surface area contributed by atoms with Gasteiger partial charge in [-0.05, 0) is 6.07 Å². The third-order valence-electron chi connectivity index (χ3n) is 1.56. The van der Waals surface area contributed by atoms with Gasteiger partial charge in [-0.3, -0.25) is 10.4 Å². The number of rotatable bonds is 5. The van der Waals surface area contributed by atoms with Gasteiger partial charge in [0.05, 0.1) is 6.61 Å². The predicted molar refractivity (Wildman–Crippen MR) is 52.6 cm³/mol. The van der Waals surface area contributed by atoms with Crippen molar-refractivity contribution >= 4 is 5.84 Å². The molecule has 3 N–H and O–H groups in total. The molecule has 0 spiro atoms. The second-order valence-electron chi connectivity index (χ2n) is 2.63. The zero-order chi connectivity index (χ0) is 10.4. The highest BCUT2D eigenvalue weighted by Crippen LogP contribution is 2.10. The average molecular weight is 195 g/mol. The molecule has 0 unspecified atom stereocenters. The number of ether oxygens (including phenoxy) is 2. The molecule has 76 valence electrons. The summed E-state index contributed by atoms with van der Waals surface area (Å²) in [5, 5.41) is 7.18. The molecule has 1 rings (SSSR count). The summed E-state index contributed by atoms with van der Waals surface area (Å²) in [7, 11) is 1.61. The number of amidine groups is 1. The lowest BCUT2D eigenvalue weighted by molar-refractivity contribution is 0.146. The van der Waals surface area contributed by atoms with Crippen molar-refractivity contribution in [2.75, 3.05) is 20.3 Å². The summed E-state index contributed by atoms with van der Waals surface area (Å²) in [6.45, 7) is 0.996. The minimum Gasteiger partial charge on any atom is -0.491 e. The molecule has 5 nitrogen and oxygen atoms in total. The number of hydrogen-bond acceptors (Lipinski definition) is 4. The quantitative estimate of drug-likeness (QED) is 0.404. The van der Waals surface area contributed by atoms with Gasteiger partial charge in [-0.2, -0.15) is 0 Å². The van der Waals surface area contributed by atoms with E-state index in [1.807, 2.05) is 0 Å². The average Bonchev–Trinajstić information content (AvgIpc) is 2.19. The molecule has 0 aliphatic carbocycles. The van der Waals surface area contributed by atoms with Crippen LogP contribution in [-0.4, -0.2) is 31.1 Å². The van der Waals surface area contributed by atoms with E-state index in [4.69, 9.17) is 20.6 Å². The Morgan fingerprint density at radius 2 is 2.36 bits per heavy atom. The summed E-state index contributed by atoms with van der Waals surface area (Å²) in [6.07, 6.45) is 1.55. The minimum absolute atomic E-state index is 0.0674. The molecule has 0 atom stereocenters. The van der Waals surface area contributed by atoms with E-state index in [2.05, 4.69) is 4.98 Å². The van der Waals surface area contributed by atoms with Gasteiger partial charge in [-0.25, -0.2) is 0 Å². The van der Waals surface area contributed by atoms with Crippen LogP contribution in [0.3, 0.4) is 0 Å². The first-order chi connectivity index (χ1) is 6.74. The number of nitrogen functional groups attached to an aromatic ring is 1. The van der Waals surface area contributed by atoms with Crippen LogP contribution in [0.25, 0.3) is 0 Å². The van der Waals surface area contributed by atoms with E-state index in [0.29, 0.717) is 24.7 Å². The highest BCUT2D eigenvalue weighted by atomic mass is 16.5. The molecule has 0 fully saturated rings. The molecule has 14 heavy (non-hydrogen) atoms. The van der Waals surface area contributed by atoms with Crippen molar-refractivity contribution in [3.63, 3.8) is 0 Å². The maximum absolute atomic E-state index is 7.18. The molecule has 0 bridgehead atoms. The Labute approximate surface area is 82.4 Å². The number of pyridine rings is 1. The number of nitrogens with one attached hydrogen (secondary N) is 1. The van der Waals surface area contributed by atoms with E-state index in [1.165, 1.54) is 0 Å². The van der Waals surface area contributed by atoms with Crippen molar-refractivity contribution in [2.45, 2.75) is 0 Å². The van der Waals surface area contributed by atoms with Crippen LogP contribution >= 0.6 is 0 Å². The van der Waals surface area contributed by atoms with Gasteiger partial charge < -0.3 is 15.2 Å². The Morgan fingerprint density at radius 3 is 3.00 bits per heavy atom. The van der Waals surface area contributed by atoms with Crippen LogP contribution in [0, 0.1) is 5.41 Å². The van der Waals surface area contributed by atoms with Gasteiger partial charge >= 0.3 is 0 Å². The monoisotopic (exact) mass is 195 g/mol. The second kappa shape index (κ2) is 5.18. The zero-order valence-corrected chi connectivity index (χ0v) is 7.99. The maximum Gasteiger partial charge on any atom is 0.141 e. The van der Waals surface area contributed by atoms with Gasteiger partial charge in [-0.15, -0.1) is 0 Å². The standard InChI is InChI=1S/C9H13N3O2/c1-13-4-5-14-7-2-3-12-8(6-7)9(10)11/h2-3,6H,4-5H2,1H3,(H3,10,11). The largest absolute Gasteiger partial charge is 0.491 e. The first kappa shape index (κ1) is 10.5. The number of hydrogen-bond donors (Lipinski definition) is 2. The van der Waals surface area contributed by atoms with Gasteiger partial charge in [0.2, 0.25) is 0 Å². The van der Waals surface area contributed by atoms with E-state index in [-0.39, 0.29) is 5.84 Å². The van der Waals surface area contributed by atoms with Crippen molar-refractivity contribution < 1.29 is 9.47 Å². The highest BCUT2D eigenvalue weighted by molar-refractivity contribution is 5.93. The Hall–Kier alpha value is -1.62. The fourth-order valence-electron chi connectivity index (χ4n) is 0.891. The second-order valence-corrected chi connectivity index (χ2v) is 2.63. The van der Waals surface area contributed by atoms with Crippen molar-refractivity contribution in [2.24, 2.45) is 5.73 Å². The number of nitrogens with two attached hydrogens (primary N) is 1. The summed E-state index contributed by atoms with van der Waals surface area (Å²) in [5.41, 5.74) is 5.69. The van der Waals surface area contributed by atoms with E-state index < -0.39 is 0 Å². The van der Waals surface area contributed by atoms with E-state index in [0.717, 1.165) is 0 Å². The van der Waals surface area contributed by atoms with Crippen molar-refractivity contribution in [1.29, 1.82) is 5.41 Å². The van der Waals surface area contributed by atoms with Gasteiger partial charge in [0.15, 0.2) is 0 Å². The first-order valence-electron chi connectivity index (χ1n) is 4.16. The SMILES string of the molecule is COCCOc1ccnc(C(=N)N)c1. The first-order valence-corrected chi connectivity index (χ1v) is 4.16. The third-order valence-corrected chi connectivity index (χ3v) is 1.56. The molecule has 1 aromatic rings. The Bertz CT molecular complexity index is 315. The maximum atomic E-state index is 7.18. The van der Waals surface area contributed by atoms with Crippen LogP contribution in [0.4, 0.5) is 0 Å². The predicted octanol–water partition coefficient (Wildman–Crippen LogP) is 0.391. The van der Waals surface area contributed by atoms with Crippen LogP contribution in [0.15, 0.2) is 18.3 Å². The molecular formula is C9H13N3O2. The lowest BCUT2D eigenvalue weighted by Crippen LogP contribution is -2.13. The summed E-state index contributed by atoms with van der Waals surface area (Å²) in [5.74, 6) is 0.574. The van der Waals surface area contributed by atoms with Crippen LogP contribution in [0.1, 0.15) is 5.69 Å². The number of methoxy groups -OCH3 is 1. The molecule has 0 amide bonds. The van der Waals surface area contributed by atoms with Crippen LogP contribution < -0.4 is 10.5 Å². The van der Waals surface area contributed by atoms with Gasteiger partial charge in [-0.1, -0.05) is 0 Å².